The van der Waals surface area contributed by atoms with E-state index in [0.29, 0.717) is 17.7 Å². The molecule has 0 bridgehead atoms. The number of carbonyl (C=O) groups is 1. The molecule has 0 aromatic carbocycles. The molecule has 0 spiro atoms. The molecule has 3 fully saturated rings. The molecule has 3 heterocycles. The van der Waals surface area contributed by atoms with Crippen LogP contribution in [0, 0.1) is 0 Å². The van der Waals surface area contributed by atoms with Gasteiger partial charge in [-0.05, 0) is 44.6 Å². The number of nitrogens with zero attached hydrogens (tertiary/aromatic N) is 3. The predicted octanol–water partition coefficient (Wildman–Crippen LogP) is 2.42. The predicted molar refractivity (Wildman–Crippen MR) is 129 cm³/mol. The average Bonchev–Trinajstić information content (AvgIpc) is 3.46. The highest BCUT2D eigenvalue weighted by Gasteiger charge is 2.34. The van der Waals surface area contributed by atoms with Gasteiger partial charge in [-0.15, -0.1) is 0 Å². The van der Waals surface area contributed by atoms with Gasteiger partial charge in [-0.1, -0.05) is 12.8 Å². The summed E-state index contributed by atoms with van der Waals surface area (Å²) >= 11 is 0. The molecule has 2 aliphatic carbocycles. The van der Waals surface area contributed by atoms with Crippen LogP contribution in [0.15, 0.2) is 18.3 Å². The van der Waals surface area contributed by atoms with E-state index >= 15 is 0 Å². The number of aromatic nitrogens is 4. The average molecular weight is 489 g/mol. The third-order valence-electron chi connectivity index (χ3n) is 6.95. The number of urea groups is 1. The molecule has 12 heteroatoms. The normalized spacial score (nSPS) is 24.8. The van der Waals surface area contributed by atoms with Gasteiger partial charge in [0.05, 0.1) is 17.5 Å². The fourth-order valence-electron chi connectivity index (χ4n) is 5.10. The van der Waals surface area contributed by atoms with Gasteiger partial charge in [0.25, 0.3) is 0 Å². The Hall–Kier alpha value is -2.89. The van der Waals surface area contributed by atoms with Gasteiger partial charge < -0.3 is 21.3 Å². The number of rotatable bonds is 7. The molecule has 5 rings (SSSR count). The Morgan fingerprint density at radius 1 is 0.941 bits per heavy atom. The summed E-state index contributed by atoms with van der Waals surface area (Å²) in [5, 5.41) is 19.9. The van der Waals surface area contributed by atoms with Gasteiger partial charge in [-0.25, -0.2) is 18.2 Å². The Morgan fingerprint density at radius 3 is 2.38 bits per heavy atom. The highest BCUT2D eigenvalue weighted by atomic mass is 32.2. The van der Waals surface area contributed by atoms with Crippen LogP contribution in [0.1, 0.15) is 63.0 Å². The molecule has 2 saturated carbocycles. The molecule has 0 atom stereocenters. The van der Waals surface area contributed by atoms with Crippen molar-refractivity contribution in [2.75, 3.05) is 22.1 Å². The Morgan fingerprint density at radius 2 is 1.65 bits per heavy atom. The van der Waals surface area contributed by atoms with Gasteiger partial charge in [0.2, 0.25) is 5.95 Å². The molecule has 2 amide bonds. The maximum absolute atomic E-state index is 12.1. The Kier molecular flexibility index (Phi) is 6.57. The molecular formula is C22H32N8O3S. The molecule has 11 nitrogen and oxygen atoms in total. The fourth-order valence-corrected chi connectivity index (χ4v) is 6.40. The highest BCUT2D eigenvalue weighted by molar-refractivity contribution is 7.92. The summed E-state index contributed by atoms with van der Waals surface area (Å²) in [5.41, 5.74) is 1.18. The van der Waals surface area contributed by atoms with Gasteiger partial charge in [-0.3, -0.25) is 5.10 Å². The number of aromatic amines is 1. The van der Waals surface area contributed by atoms with Crippen molar-refractivity contribution in [3.8, 4) is 0 Å². The summed E-state index contributed by atoms with van der Waals surface area (Å²) in [4.78, 5) is 21.0. The van der Waals surface area contributed by atoms with Gasteiger partial charge in [0.15, 0.2) is 15.7 Å². The molecule has 5 N–H and O–H groups in total. The fraction of sp³-hybridized carbons (Fsp3) is 0.636. The maximum atomic E-state index is 12.1. The second kappa shape index (κ2) is 9.77. The van der Waals surface area contributed by atoms with E-state index in [2.05, 4.69) is 47.5 Å². The van der Waals surface area contributed by atoms with E-state index in [-0.39, 0.29) is 35.7 Å². The van der Waals surface area contributed by atoms with Crippen LogP contribution in [0.5, 0.6) is 0 Å². The van der Waals surface area contributed by atoms with Gasteiger partial charge >= 0.3 is 6.03 Å². The third kappa shape index (κ3) is 5.78. The van der Waals surface area contributed by atoms with E-state index in [1.807, 2.05) is 6.07 Å². The lowest BCUT2D eigenvalue weighted by molar-refractivity contribution is 0.229. The van der Waals surface area contributed by atoms with Crippen molar-refractivity contribution in [1.82, 2.24) is 30.8 Å². The molecule has 34 heavy (non-hydrogen) atoms. The number of hydrogen-bond acceptors (Lipinski definition) is 8. The van der Waals surface area contributed by atoms with Crippen molar-refractivity contribution in [3.63, 3.8) is 0 Å². The van der Waals surface area contributed by atoms with Crippen molar-refractivity contribution < 1.29 is 13.2 Å². The molecule has 3 aliphatic rings. The standard InChI is InChI=1S/C22H32N8O3S/c31-22(26-17-12-34(32,33)13-17)25-16-7-5-15(6-8-16)24-21-23-10-9-19(28-21)27-20-11-18(29-30-20)14-3-1-2-4-14/h9-11,14-17H,1-8,12-13H2,(H2,25,26,31)(H3,23,24,27,28,29,30)/t15-,16-. The molecule has 1 saturated heterocycles. The van der Waals surface area contributed by atoms with E-state index < -0.39 is 9.84 Å². The number of anilines is 3. The number of carbonyl (C=O) groups excluding carboxylic acids is 1. The molecular weight excluding hydrogens is 456 g/mol. The zero-order valence-electron chi connectivity index (χ0n) is 19.1. The Bertz CT molecular complexity index is 1090. The van der Waals surface area contributed by atoms with Crippen LogP contribution in [0.25, 0.3) is 0 Å². The van der Waals surface area contributed by atoms with E-state index in [9.17, 15) is 13.2 Å². The summed E-state index contributed by atoms with van der Waals surface area (Å²) < 4.78 is 22.4. The zero-order chi connectivity index (χ0) is 23.5. The zero-order valence-corrected chi connectivity index (χ0v) is 19.9. The Balaban J connectivity index is 1.07. The maximum Gasteiger partial charge on any atom is 0.315 e. The first-order valence-corrected chi connectivity index (χ1v) is 13.9. The lowest BCUT2D eigenvalue weighted by Crippen LogP contribution is -2.56. The molecule has 0 unspecified atom stereocenters. The lowest BCUT2D eigenvalue weighted by Gasteiger charge is -2.31. The van der Waals surface area contributed by atoms with Crippen molar-refractivity contribution in [1.29, 1.82) is 0 Å². The SMILES string of the molecule is O=C(NC1CS(=O)(=O)C1)N[C@H]1CC[C@H](Nc2nccc(Nc3cc(C4CCCC4)[nH]n3)n2)CC1. The highest BCUT2D eigenvalue weighted by Crippen LogP contribution is 2.34. The summed E-state index contributed by atoms with van der Waals surface area (Å²) in [6.45, 7) is 0. The summed E-state index contributed by atoms with van der Waals surface area (Å²) in [6.07, 6.45) is 10.2. The van der Waals surface area contributed by atoms with E-state index in [0.717, 1.165) is 31.5 Å². The van der Waals surface area contributed by atoms with Gasteiger partial charge in [-0.2, -0.15) is 10.1 Å². The van der Waals surface area contributed by atoms with Crippen LogP contribution >= 0.6 is 0 Å². The van der Waals surface area contributed by atoms with Crippen molar-refractivity contribution >= 4 is 33.5 Å². The number of amides is 2. The summed E-state index contributed by atoms with van der Waals surface area (Å²) in [6, 6.07) is 3.65. The first kappa shape index (κ1) is 22.9. The van der Waals surface area contributed by atoms with E-state index in [1.165, 1.54) is 31.4 Å². The number of sulfone groups is 1. The second-order valence-corrected chi connectivity index (χ2v) is 11.8. The van der Waals surface area contributed by atoms with Crippen LogP contribution in [-0.2, 0) is 9.84 Å². The second-order valence-electron chi connectivity index (χ2n) is 9.66. The number of nitrogens with one attached hydrogen (secondary N) is 5. The molecule has 184 valence electrons. The number of hydrogen-bond donors (Lipinski definition) is 5. The van der Waals surface area contributed by atoms with Gasteiger partial charge in [0, 0.05) is 36.0 Å². The van der Waals surface area contributed by atoms with Crippen molar-refractivity contribution in [2.24, 2.45) is 0 Å². The van der Waals surface area contributed by atoms with Crippen LogP contribution in [-0.4, -0.2) is 64.2 Å². The topological polar surface area (TPSA) is 154 Å². The molecule has 1 aliphatic heterocycles. The summed E-state index contributed by atoms with van der Waals surface area (Å²) in [5.74, 6) is 2.66. The van der Waals surface area contributed by atoms with Crippen molar-refractivity contribution in [2.45, 2.75) is 75.4 Å². The largest absolute Gasteiger partial charge is 0.351 e. The third-order valence-corrected chi connectivity index (χ3v) is 8.77. The van der Waals surface area contributed by atoms with Crippen LogP contribution in [0.4, 0.5) is 22.4 Å². The first-order valence-electron chi connectivity index (χ1n) is 12.1. The van der Waals surface area contributed by atoms with Crippen LogP contribution < -0.4 is 21.3 Å². The molecule has 2 aromatic rings. The van der Waals surface area contributed by atoms with E-state index in [4.69, 9.17) is 0 Å². The number of H-pyrrole nitrogens is 1. The monoisotopic (exact) mass is 488 g/mol. The van der Waals surface area contributed by atoms with E-state index in [1.54, 1.807) is 6.20 Å². The first-order chi connectivity index (χ1) is 16.4. The summed E-state index contributed by atoms with van der Waals surface area (Å²) in [7, 11) is -2.94. The molecule has 2 aromatic heterocycles. The lowest BCUT2D eigenvalue weighted by atomic mass is 9.91. The minimum absolute atomic E-state index is 0.0346. The Labute approximate surface area is 199 Å². The van der Waals surface area contributed by atoms with Crippen molar-refractivity contribution in [3.05, 3.63) is 24.0 Å². The van der Waals surface area contributed by atoms with Crippen LogP contribution in [0.3, 0.4) is 0 Å². The van der Waals surface area contributed by atoms with Crippen LogP contribution in [0.2, 0.25) is 0 Å². The van der Waals surface area contributed by atoms with Gasteiger partial charge in [0.1, 0.15) is 5.82 Å². The quantitative estimate of drug-likeness (QED) is 0.398. The minimum Gasteiger partial charge on any atom is -0.351 e. The molecule has 0 radical (unpaired) electrons. The smallest absolute Gasteiger partial charge is 0.315 e. The minimum atomic E-state index is -2.94.